The van der Waals surface area contributed by atoms with Gasteiger partial charge < -0.3 is 25.0 Å². The Morgan fingerprint density at radius 3 is 2.58 bits per heavy atom. The van der Waals surface area contributed by atoms with Crippen LogP contribution in [0.2, 0.25) is 0 Å². The maximum Gasteiger partial charge on any atom is 0.319 e. The summed E-state index contributed by atoms with van der Waals surface area (Å²) in [5.74, 6) is 1.02. The molecule has 0 bridgehead atoms. The van der Waals surface area contributed by atoms with Crippen molar-refractivity contribution in [3.05, 3.63) is 18.3 Å². The average molecular weight is 338 g/mol. The fraction of sp³-hybridized carbons (Fsp3) is 0.647. The predicted octanol–water partition coefficient (Wildman–Crippen LogP) is 2.20. The first-order chi connectivity index (χ1) is 11.4. The molecule has 1 aromatic heterocycles. The first kappa shape index (κ1) is 20.2. The fourth-order valence-electron chi connectivity index (χ4n) is 2.31. The molecule has 0 aromatic carbocycles. The van der Waals surface area contributed by atoms with Crippen LogP contribution in [0.15, 0.2) is 18.3 Å². The number of methoxy groups -OCH3 is 1. The summed E-state index contributed by atoms with van der Waals surface area (Å²) in [5.41, 5.74) is 0.625. The van der Waals surface area contributed by atoms with Crippen molar-refractivity contribution in [1.29, 1.82) is 0 Å². The van der Waals surface area contributed by atoms with Crippen molar-refractivity contribution in [1.82, 2.24) is 15.2 Å². The summed E-state index contributed by atoms with van der Waals surface area (Å²) in [6, 6.07) is 3.36. The highest BCUT2D eigenvalue weighted by molar-refractivity contribution is 5.89. The number of ether oxygens (including phenoxy) is 2. The first-order valence-corrected chi connectivity index (χ1v) is 8.20. The highest BCUT2D eigenvalue weighted by Gasteiger charge is 2.15. The van der Waals surface area contributed by atoms with E-state index in [9.17, 15) is 4.79 Å². The molecule has 1 aromatic rings. The van der Waals surface area contributed by atoms with Crippen molar-refractivity contribution in [3.8, 4) is 5.88 Å². The number of hydrogen-bond acceptors (Lipinski definition) is 5. The molecule has 136 valence electrons. The summed E-state index contributed by atoms with van der Waals surface area (Å²) in [4.78, 5) is 18.4. The Balaban J connectivity index is 2.50. The van der Waals surface area contributed by atoms with Crippen LogP contribution in [0.25, 0.3) is 0 Å². The standard InChI is InChI=1S/C17H30N4O3/c1-13(2)10-15(12-21(3)4)20-17(22)19-14-6-7-16(18-11-14)24-9-8-23-5/h6-7,11,13,15H,8-10,12H2,1-5H3,(H2,19,20,22). The van der Waals surface area contributed by atoms with Gasteiger partial charge in [-0.15, -0.1) is 0 Å². The topological polar surface area (TPSA) is 75.7 Å². The van der Waals surface area contributed by atoms with Crippen molar-refractivity contribution < 1.29 is 14.3 Å². The number of carbonyl (C=O) groups excluding carboxylic acids is 1. The van der Waals surface area contributed by atoms with Gasteiger partial charge in [0, 0.05) is 25.8 Å². The highest BCUT2D eigenvalue weighted by Crippen LogP contribution is 2.12. The van der Waals surface area contributed by atoms with Gasteiger partial charge in [-0.2, -0.15) is 0 Å². The van der Waals surface area contributed by atoms with Crippen LogP contribution < -0.4 is 15.4 Å². The second kappa shape index (κ2) is 10.8. The van der Waals surface area contributed by atoms with Gasteiger partial charge in [0.2, 0.25) is 5.88 Å². The van der Waals surface area contributed by atoms with Gasteiger partial charge in [0.05, 0.1) is 18.5 Å². The fourth-order valence-corrected chi connectivity index (χ4v) is 2.31. The van der Waals surface area contributed by atoms with Crippen LogP contribution in [0, 0.1) is 5.92 Å². The number of nitrogens with zero attached hydrogens (tertiary/aromatic N) is 2. The number of likely N-dealkylation sites (N-methyl/N-ethyl adjacent to an activating group) is 1. The zero-order chi connectivity index (χ0) is 17.9. The van der Waals surface area contributed by atoms with Crippen LogP contribution >= 0.6 is 0 Å². The smallest absolute Gasteiger partial charge is 0.319 e. The molecule has 1 unspecified atom stereocenters. The van der Waals surface area contributed by atoms with Crippen LogP contribution in [0.3, 0.4) is 0 Å². The minimum atomic E-state index is -0.225. The van der Waals surface area contributed by atoms with Crippen LogP contribution in [-0.2, 0) is 4.74 Å². The number of pyridine rings is 1. The summed E-state index contributed by atoms with van der Waals surface area (Å²) in [5, 5.41) is 5.82. The normalized spacial score (nSPS) is 12.3. The van der Waals surface area contributed by atoms with E-state index < -0.39 is 0 Å². The average Bonchev–Trinajstić information content (AvgIpc) is 2.47. The van der Waals surface area contributed by atoms with E-state index in [1.54, 1.807) is 25.4 Å². The molecule has 0 aliphatic heterocycles. The van der Waals surface area contributed by atoms with E-state index in [0.717, 1.165) is 13.0 Å². The maximum absolute atomic E-state index is 12.2. The molecule has 0 aliphatic rings. The number of nitrogens with one attached hydrogen (secondary N) is 2. The first-order valence-electron chi connectivity index (χ1n) is 8.20. The maximum atomic E-state index is 12.2. The van der Waals surface area contributed by atoms with E-state index in [0.29, 0.717) is 30.7 Å². The zero-order valence-electron chi connectivity index (χ0n) is 15.3. The lowest BCUT2D eigenvalue weighted by Gasteiger charge is -2.24. The SMILES string of the molecule is COCCOc1ccc(NC(=O)NC(CC(C)C)CN(C)C)cn1. The number of carbonyl (C=O) groups is 1. The Bertz CT molecular complexity index is 467. The zero-order valence-corrected chi connectivity index (χ0v) is 15.3. The van der Waals surface area contributed by atoms with Gasteiger partial charge in [-0.1, -0.05) is 13.8 Å². The molecule has 0 spiro atoms. The molecule has 1 atom stereocenters. The number of aromatic nitrogens is 1. The Hall–Kier alpha value is -1.86. The van der Waals surface area contributed by atoms with Crippen LogP contribution in [-0.4, -0.2) is 62.9 Å². The molecule has 1 rings (SSSR count). The number of urea groups is 1. The van der Waals surface area contributed by atoms with Crippen LogP contribution in [0.1, 0.15) is 20.3 Å². The summed E-state index contributed by atoms with van der Waals surface area (Å²) in [7, 11) is 5.61. The lowest BCUT2D eigenvalue weighted by molar-refractivity contribution is 0.144. The molecule has 7 heteroatoms. The minimum absolute atomic E-state index is 0.101. The van der Waals surface area contributed by atoms with Crippen molar-refractivity contribution >= 4 is 11.7 Å². The third-order valence-electron chi connectivity index (χ3n) is 3.21. The number of hydrogen-bond donors (Lipinski definition) is 2. The van der Waals surface area contributed by atoms with Crippen molar-refractivity contribution in [3.63, 3.8) is 0 Å². The van der Waals surface area contributed by atoms with Crippen LogP contribution in [0.4, 0.5) is 10.5 Å². The number of anilines is 1. The van der Waals surface area contributed by atoms with Crippen molar-refractivity contribution in [2.45, 2.75) is 26.3 Å². The predicted molar refractivity (Wildman–Crippen MR) is 95.6 cm³/mol. The number of rotatable bonds is 10. The van der Waals surface area contributed by atoms with Gasteiger partial charge in [-0.3, -0.25) is 0 Å². The lowest BCUT2D eigenvalue weighted by Crippen LogP contribution is -2.44. The third kappa shape index (κ3) is 8.69. The summed E-state index contributed by atoms with van der Waals surface area (Å²) < 4.78 is 10.3. The molecule has 0 radical (unpaired) electrons. The van der Waals surface area contributed by atoms with Crippen LogP contribution in [0.5, 0.6) is 5.88 Å². The molecule has 0 saturated carbocycles. The van der Waals surface area contributed by atoms with Gasteiger partial charge in [-0.05, 0) is 32.5 Å². The monoisotopic (exact) mass is 338 g/mol. The molecule has 7 nitrogen and oxygen atoms in total. The van der Waals surface area contributed by atoms with E-state index in [-0.39, 0.29) is 12.1 Å². The van der Waals surface area contributed by atoms with Crippen molar-refractivity contribution in [2.24, 2.45) is 5.92 Å². The summed E-state index contributed by atoms with van der Waals surface area (Å²) in [6.07, 6.45) is 2.50. The molecule has 1 heterocycles. The summed E-state index contributed by atoms with van der Waals surface area (Å²) in [6.45, 7) is 6.05. The largest absolute Gasteiger partial charge is 0.475 e. The number of amides is 2. The van der Waals surface area contributed by atoms with Gasteiger partial charge in [0.15, 0.2) is 0 Å². The van der Waals surface area contributed by atoms with Gasteiger partial charge in [0.1, 0.15) is 6.61 Å². The Morgan fingerprint density at radius 1 is 1.29 bits per heavy atom. The molecular formula is C17H30N4O3. The molecular weight excluding hydrogens is 308 g/mol. The van der Waals surface area contributed by atoms with E-state index in [4.69, 9.17) is 9.47 Å². The highest BCUT2D eigenvalue weighted by atomic mass is 16.5. The molecule has 2 N–H and O–H groups in total. The molecule has 24 heavy (non-hydrogen) atoms. The Labute approximate surface area is 144 Å². The van der Waals surface area contributed by atoms with E-state index in [1.165, 1.54) is 0 Å². The third-order valence-corrected chi connectivity index (χ3v) is 3.21. The quantitative estimate of drug-likeness (QED) is 0.640. The minimum Gasteiger partial charge on any atom is -0.475 e. The van der Waals surface area contributed by atoms with Crippen molar-refractivity contribution in [2.75, 3.05) is 46.3 Å². The van der Waals surface area contributed by atoms with E-state index >= 15 is 0 Å². The molecule has 0 aliphatic carbocycles. The molecule has 0 fully saturated rings. The Morgan fingerprint density at radius 2 is 2.04 bits per heavy atom. The summed E-state index contributed by atoms with van der Waals surface area (Å²) >= 11 is 0. The molecule has 2 amide bonds. The lowest BCUT2D eigenvalue weighted by atomic mass is 10.0. The van der Waals surface area contributed by atoms with Gasteiger partial charge in [-0.25, -0.2) is 9.78 Å². The second-order valence-electron chi connectivity index (χ2n) is 6.41. The van der Waals surface area contributed by atoms with Gasteiger partial charge in [0.25, 0.3) is 0 Å². The Kier molecular flexibility index (Phi) is 9.11. The second-order valence-corrected chi connectivity index (χ2v) is 6.41. The van der Waals surface area contributed by atoms with E-state index in [2.05, 4.69) is 34.4 Å². The van der Waals surface area contributed by atoms with Gasteiger partial charge >= 0.3 is 6.03 Å². The molecule has 0 saturated heterocycles. The van der Waals surface area contributed by atoms with E-state index in [1.807, 2.05) is 14.1 Å².